The van der Waals surface area contributed by atoms with Crippen LogP contribution in [0.15, 0.2) is 100 Å². The molecule has 1 aromatic heterocycles. The minimum atomic E-state index is -4.10. The summed E-state index contributed by atoms with van der Waals surface area (Å²) in [4.78, 5) is 23.7. The zero-order chi connectivity index (χ0) is 28.7. The molecule has 0 bridgehead atoms. The minimum absolute atomic E-state index is 0.0243. The maximum Gasteiger partial charge on any atom is 0.411 e. The predicted octanol–water partition coefficient (Wildman–Crippen LogP) is 4.25. The summed E-state index contributed by atoms with van der Waals surface area (Å²) >= 11 is 0. The van der Waals surface area contributed by atoms with E-state index in [2.05, 4.69) is 9.71 Å². The Balaban J connectivity index is 1.51. The number of halogens is 1. The molecule has 40 heavy (non-hydrogen) atoms. The van der Waals surface area contributed by atoms with Crippen molar-refractivity contribution < 1.29 is 31.9 Å². The van der Waals surface area contributed by atoms with Crippen LogP contribution in [0.3, 0.4) is 0 Å². The highest BCUT2D eigenvalue weighted by molar-refractivity contribution is 7.90. The first-order valence-electron chi connectivity index (χ1n) is 11.9. The minimum Gasteiger partial charge on any atom is -0.453 e. The van der Waals surface area contributed by atoms with E-state index in [4.69, 9.17) is 15.2 Å². The van der Waals surface area contributed by atoms with E-state index in [0.717, 1.165) is 17.2 Å². The zero-order valence-corrected chi connectivity index (χ0v) is 22.1. The van der Waals surface area contributed by atoms with Gasteiger partial charge in [0, 0.05) is 18.0 Å². The van der Waals surface area contributed by atoms with Gasteiger partial charge in [-0.05, 0) is 48.9 Å². The van der Waals surface area contributed by atoms with E-state index < -0.39 is 34.4 Å². The average Bonchev–Trinajstić information content (AvgIpc) is 2.91. The van der Waals surface area contributed by atoms with Crippen molar-refractivity contribution >= 4 is 27.7 Å². The van der Waals surface area contributed by atoms with Crippen molar-refractivity contribution in [3.05, 3.63) is 114 Å². The van der Waals surface area contributed by atoms with Gasteiger partial charge in [0.05, 0.1) is 4.90 Å². The highest BCUT2D eigenvalue weighted by atomic mass is 32.2. The molecule has 0 spiro atoms. The number of carbonyl (C=O) groups excluding carboxylic acids is 2. The molecule has 0 saturated carbocycles. The Hall–Kier alpha value is -4.97. The topological polar surface area (TPSA) is 142 Å². The average molecular weight is 565 g/mol. The first-order valence-corrected chi connectivity index (χ1v) is 13.3. The summed E-state index contributed by atoms with van der Waals surface area (Å²) in [6, 6.07) is 21.6. The Morgan fingerprint density at radius 3 is 2.40 bits per heavy atom. The summed E-state index contributed by atoms with van der Waals surface area (Å²) in [7, 11) is -4.10. The van der Waals surface area contributed by atoms with Gasteiger partial charge in [0.1, 0.15) is 24.4 Å². The quantitative estimate of drug-likeness (QED) is 0.311. The number of ether oxygens (including phenoxy) is 2. The van der Waals surface area contributed by atoms with Gasteiger partial charge in [-0.3, -0.25) is 10.1 Å². The van der Waals surface area contributed by atoms with Gasteiger partial charge < -0.3 is 19.8 Å². The number of aromatic nitrogens is 1. The van der Waals surface area contributed by atoms with Crippen LogP contribution >= 0.6 is 0 Å². The number of nitrogens with two attached hydrogens (primary N) is 1. The molecule has 2 amide bonds. The van der Waals surface area contributed by atoms with Gasteiger partial charge >= 0.3 is 6.09 Å². The number of hydrogen-bond donors (Lipinski definition) is 2. The number of benzene rings is 3. The third-order valence-corrected chi connectivity index (χ3v) is 6.75. The lowest BCUT2D eigenvalue weighted by Gasteiger charge is -2.12. The fourth-order valence-electron chi connectivity index (χ4n) is 3.50. The Bertz CT molecular complexity index is 1710. The van der Waals surface area contributed by atoms with Crippen molar-refractivity contribution in [1.29, 1.82) is 0 Å². The van der Waals surface area contributed by atoms with Gasteiger partial charge in [0.2, 0.25) is 5.91 Å². The molecule has 1 heterocycles. The molecule has 3 N–H and O–H groups in total. The van der Waals surface area contributed by atoms with E-state index in [0.29, 0.717) is 0 Å². The number of aryl methyl sites for hydroxylation is 1. The lowest BCUT2D eigenvalue weighted by Crippen LogP contribution is -2.28. The van der Waals surface area contributed by atoms with Crippen molar-refractivity contribution in [2.24, 2.45) is 10.1 Å². The molecular formula is C28H25FN4O6S. The summed E-state index contributed by atoms with van der Waals surface area (Å²) < 4.78 is 56.1. The van der Waals surface area contributed by atoms with Crippen molar-refractivity contribution in [3.63, 3.8) is 0 Å². The molecule has 10 nitrogen and oxygen atoms in total. The second-order valence-corrected chi connectivity index (χ2v) is 10.2. The number of sulfonamides is 1. The van der Waals surface area contributed by atoms with Gasteiger partial charge in [-0.2, -0.15) is 8.42 Å². The van der Waals surface area contributed by atoms with Crippen LogP contribution in [0.1, 0.15) is 11.1 Å². The van der Waals surface area contributed by atoms with E-state index >= 15 is 0 Å². The summed E-state index contributed by atoms with van der Waals surface area (Å²) in [6.07, 6.45) is 0.519. The standard InChI is InChI=1S/C28H25FN4O6S/c1-19-7-11-23(12-8-19)40(36,37)32-27-14-10-22(16-33(27)17-26(30)34)39-25-13-9-21(15-24(25)29)31-28(35)38-18-20-5-3-2-4-6-20/h2-16H,17-18H2,1H3,(H2,30,34)(H,31,35). The molecule has 0 fully saturated rings. The second-order valence-electron chi connectivity index (χ2n) is 8.63. The third kappa shape index (κ3) is 7.54. The number of amides is 2. The molecule has 12 heteroatoms. The van der Waals surface area contributed by atoms with Gasteiger partial charge in [0.25, 0.3) is 10.0 Å². The lowest BCUT2D eigenvalue weighted by atomic mass is 10.2. The summed E-state index contributed by atoms with van der Waals surface area (Å²) in [5.74, 6) is -1.66. The molecule has 0 saturated heterocycles. The largest absolute Gasteiger partial charge is 0.453 e. The Morgan fingerprint density at radius 1 is 1.00 bits per heavy atom. The molecule has 206 valence electrons. The van der Waals surface area contributed by atoms with Crippen LogP contribution in [-0.2, 0) is 32.7 Å². The molecule has 0 unspecified atom stereocenters. The van der Waals surface area contributed by atoms with E-state index in [9.17, 15) is 22.4 Å². The number of anilines is 1. The fraction of sp³-hybridized carbons (Fsp3) is 0.107. The van der Waals surface area contributed by atoms with Gasteiger partial charge in [0.15, 0.2) is 11.6 Å². The maximum absolute atomic E-state index is 14.8. The van der Waals surface area contributed by atoms with Crippen molar-refractivity contribution in [2.75, 3.05) is 5.32 Å². The van der Waals surface area contributed by atoms with E-state index in [-0.39, 0.29) is 34.2 Å². The van der Waals surface area contributed by atoms with Crippen LogP contribution in [0.5, 0.6) is 11.5 Å². The van der Waals surface area contributed by atoms with Crippen LogP contribution in [0, 0.1) is 12.7 Å². The number of nitrogens with zero attached hydrogens (tertiary/aromatic N) is 2. The fourth-order valence-corrected chi connectivity index (χ4v) is 4.50. The first-order chi connectivity index (χ1) is 19.1. The number of carbonyl (C=O) groups is 2. The van der Waals surface area contributed by atoms with Crippen molar-refractivity contribution in [1.82, 2.24) is 4.57 Å². The SMILES string of the molecule is Cc1ccc(S(=O)(=O)N=c2ccc(Oc3ccc(NC(=O)OCc4ccccc4)cc3F)cn2CC(N)=O)cc1. The molecule has 4 aromatic rings. The summed E-state index contributed by atoms with van der Waals surface area (Å²) in [6.45, 7) is 1.47. The molecule has 0 atom stereocenters. The molecule has 0 aliphatic carbocycles. The summed E-state index contributed by atoms with van der Waals surface area (Å²) in [5, 5.41) is 2.44. The van der Waals surface area contributed by atoms with Gasteiger partial charge in [-0.25, -0.2) is 9.18 Å². The second kappa shape index (κ2) is 12.3. The van der Waals surface area contributed by atoms with Crippen molar-refractivity contribution in [3.8, 4) is 11.5 Å². The van der Waals surface area contributed by atoms with Crippen LogP contribution in [0.25, 0.3) is 0 Å². The van der Waals surface area contributed by atoms with Crippen LogP contribution in [-0.4, -0.2) is 25.0 Å². The highest BCUT2D eigenvalue weighted by Crippen LogP contribution is 2.26. The molecule has 0 aliphatic rings. The molecule has 3 aromatic carbocycles. The van der Waals surface area contributed by atoms with Crippen LogP contribution < -0.4 is 21.3 Å². The van der Waals surface area contributed by atoms with Crippen LogP contribution in [0.4, 0.5) is 14.9 Å². The number of hydrogen-bond acceptors (Lipinski definition) is 6. The third-order valence-electron chi connectivity index (χ3n) is 5.45. The van der Waals surface area contributed by atoms with Gasteiger partial charge in [-0.1, -0.05) is 48.0 Å². The van der Waals surface area contributed by atoms with E-state index in [1.165, 1.54) is 47.2 Å². The predicted molar refractivity (Wildman–Crippen MR) is 144 cm³/mol. The number of nitrogens with one attached hydrogen (secondary N) is 1. The van der Waals surface area contributed by atoms with E-state index in [1.54, 1.807) is 24.3 Å². The smallest absolute Gasteiger partial charge is 0.411 e. The Labute approximate surface area is 229 Å². The van der Waals surface area contributed by atoms with Crippen molar-refractivity contribution in [2.45, 2.75) is 25.0 Å². The molecule has 0 aliphatic heterocycles. The number of pyridine rings is 1. The molecular weight excluding hydrogens is 539 g/mol. The Kier molecular flexibility index (Phi) is 8.60. The molecule has 0 radical (unpaired) electrons. The zero-order valence-electron chi connectivity index (χ0n) is 21.3. The van der Waals surface area contributed by atoms with Crippen LogP contribution in [0.2, 0.25) is 0 Å². The highest BCUT2D eigenvalue weighted by Gasteiger charge is 2.14. The molecule has 4 rings (SSSR count). The monoisotopic (exact) mass is 564 g/mol. The van der Waals surface area contributed by atoms with E-state index in [1.807, 2.05) is 25.1 Å². The van der Waals surface area contributed by atoms with Gasteiger partial charge in [-0.15, -0.1) is 4.40 Å². The number of rotatable bonds is 9. The summed E-state index contributed by atoms with van der Waals surface area (Å²) in [5.41, 5.74) is 7.06. The Morgan fingerprint density at radius 2 is 1.73 bits per heavy atom. The number of primary amides is 1. The normalized spacial score (nSPS) is 11.6. The maximum atomic E-state index is 14.8. The first kappa shape index (κ1) is 28.0. The lowest BCUT2D eigenvalue weighted by molar-refractivity contribution is -0.118.